The molecule has 0 aliphatic heterocycles. The molecule has 4 nitrogen and oxygen atoms in total. The maximum Gasteiger partial charge on any atom is 0.333 e. The zero-order valence-corrected chi connectivity index (χ0v) is 7.00. The van der Waals surface area contributed by atoms with Crippen molar-refractivity contribution < 1.29 is 19.4 Å². The molecule has 0 aliphatic carbocycles. The van der Waals surface area contributed by atoms with Crippen molar-refractivity contribution in [2.45, 2.75) is 6.42 Å². The summed E-state index contributed by atoms with van der Waals surface area (Å²) < 4.78 is 4.21. The molecular weight excluding hydrogens is 160 g/mol. The molecular formula is C8H12O4. The Morgan fingerprint density at radius 1 is 1.42 bits per heavy atom. The highest BCUT2D eigenvalue weighted by Gasteiger charge is 2.09. The molecule has 12 heavy (non-hydrogen) atoms. The fraction of sp³-hybridized carbons (Fsp3) is 0.250. The second-order valence-electron chi connectivity index (χ2n) is 1.67. The summed E-state index contributed by atoms with van der Waals surface area (Å²) >= 11 is 0. The van der Waals surface area contributed by atoms with E-state index >= 15 is 0 Å². The van der Waals surface area contributed by atoms with Crippen molar-refractivity contribution in [3.8, 4) is 0 Å². The Morgan fingerprint density at radius 2 is 1.83 bits per heavy atom. The number of carboxylic acids is 1. The first-order chi connectivity index (χ1) is 5.57. The maximum absolute atomic E-state index is 10.5. The molecule has 0 heterocycles. The normalized spacial score (nSPS) is 7.42. The molecule has 0 spiro atoms. The second kappa shape index (κ2) is 7.53. The van der Waals surface area contributed by atoms with Gasteiger partial charge in [-0.15, -0.1) is 13.2 Å². The van der Waals surface area contributed by atoms with Crippen molar-refractivity contribution >= 4 is 11.9 Å². The minimum atomic E-state index is -1.09. The first-order valence-electron chi connectivity index (χ1n) is 3.05. The Bertz CT molecular complexity index is 183. The van der Waals surface area contributed by atoms with Crippen molar-refractivity contribution in [3.63, 3.8) is 0 Å². The number of carbonyl (C=O) groups excluding carboxylic acids is 1. The molecule has 0 saturated carbocycles. The van der Waals surface area contributed by atoms with Gasteiger partial charge in [-0.3, -0.25) is 4.79 Å². The van der Waals surface area contributed by atoms with Crippen LogP contribution in [0, 0.1) is 0 Å². The van der Waals surface area contributed by atoms with Crippen LogP contribution in [-0.2, 0) is 14.3 Å². The first-order valence-corrected chi connectivity index (χ1v) is 3.05. The highest BCUT2D eigenvalue weighted by Crippen LogP contribution is 1.98. The van der Waals surface area contributed by atoms with E-state index in [1.807, 2.05) is 0 Å². The predicted octanol–water partition coefficient (Wildman–Crippen LogP) is 0.992. The van der Waals surface area contributed by atoms with Crippen LogP contribution in [0.1, 0.15) is 6.42 Å². The lowest BCUT2D eigenvalue weighted by Gasteiger charge is -1.97. The smallest absolute Gasteiger partial charge is 0.333 e. The molecule has 0 aliphatic rings. The van der Waals surface area contributed by atoms with Crippen LogP contribution in [-0.4, -0.2) is 24.2 Å². The second-order valence-corrected chi connectivity index (χ2v) is 1.67. The van der Waals surface area contributed by atoms with Crippen molar-refractivity contribution in [3.05, 3.63) is 25.3 Å². The largest absolute Gasteiger partial charge is 0.481 e. The summed E-state index contributed by atoms with van der Waals surface area (Å²) in [6.07, 6.45) is -0.368. The van der Waals surface area contributed by atoms with E-state index < -0.39 is 11.9 Å². The fourth-order valence-electron chi connectivity index (χ4n) is 0.399. The summed E-state index contributed by atoms with van der Waals surface area (Å²) in [6.45, 7) is 9.21. The lowest BCUT2D eigenvalue weighted by molar-refractivity contribution is -0.141. The van der Waals surface area contributed by atoms with Crippen LogP contribution in [0.15, 0.2) is 25.3 Å². The Hall–Kier alpha value is -1.58. The summed E-state index contributed by atoms with van der Waals surface area (Å²) in [5.41, 5.74) is -0.0463. The van der Waals surface area contributed by atoms with E-state index in [4.69, 9.17) is 5.11 Å². The van der Waals surface area contributed by atoms with Crippen LogP contribution in [0.4, 0.5) is 0 Å². The molecule has 0 radical (unpaired) electrons. The standard InChI is InChI=1S/C6H8O4.C2H4/c1-4(3-5(7)8)6(9)10-2;1-2/h1,3H2,2H3,(H,7,8);1-2H2. The van der Waals surface area contributed by atoms with E-state index in [0.29, 0.717) is 0 Å². The molecule has 0 amide bonds. The summed E-state index contributed by atoms with van der Waals surface area (Å²) in [7, 11) is 1.18. The predicted molar refractivity (Wildman–Crippen MR) is 44.7 cm³/mol. The molecule has 4 heteroatoms. The van der Waals surface area contributed by atoms with Gasteiger partial charge in [0.2, 0.25) is 0 Å². The third-order valence-electron chi connectivity index (χ3n) is 0.839. The van der Waals surface area contributed by atoms with E-state index in [2.05, 4.69) is 24.5 Å². The summed E-state index contributed by atoms with van der Waals surface area (Å²) in [5.74, 6) is -1.77. The number of hydrogen-bond donors (Lipinski definition) is 1. The van der Waals surface area contributed by atoms with Gasteiger partial charge in [0.15, 0.2) is 0 Å². The van der Waals surface area contributed by atoms with Crippen LogP contribution in [0.25, 0.3) is 0 Å². The Kier molecular flexibility index (Phi) is 8.18. The lowest BCUT2D eigenvalue weighted by atomic mass is 10.2. The number of rotatable bonds is 3. The first kappa shape index (κ1) is 13.0. The Balaban J connectivity index is 0. The zero-order chi connectivity index (χ0) is 10.1. The van der Waals surface area contributed by atoms with Gasteiger partial charge >= 0.3 is 11.9 Å². The third-order valence-corrected chi connectivity index (χ3v) is 0.839. The molecule has 0 aromatic heterocycles. The number of carbonyl (C=O) groups is 2. The van der Waals surface area contributed by atoms with Gasteiger partial charge in [-0.1, -0.05) is 6.58 Å². The van der Waals surface area contributed by atoms with Crippen molar-refractivity contribution in [1.29, 1.82) is 0 Å². The summed E-state index contributed by atoms with van der Waals surface area (Å²) in [5, 5.41) is 8.16. The number of ether oxygens (including phenoxy) is 1. The molecule has 0 fully saturated rings. The van der Waals surface area contributed by atoms with Crippen molar-refractivity contribution in [2.75, 3.05) is 7.11 Å². The third kappa shape index (κ3) is 6.54. The molecule has 0 atom stereocenters. The van der Waals surface area contributed by atoms with E-state index in [1.165, 1.54) is 7.11 Å². The van der Waals surface area contributed by atoms with Gasteiger partial charge in [0.05, 0.1) is 13.5 Å². The highest BCUT2D eigenvalue weighted by molar-refractivity contribution is 5.92. The molecule has 1 N–H and O–H groups in total. The molecule has 0 rings (SSSR count). The van der Waals surface area contributed by atoms with E-state index in [9.17, 15) is 9.59 Å². The van der Waals surface area contributed by atoms with Gasteiger partial charge in [-0.25, -0.2) is 4.79 Å². The van der Waals surface area contributed by atoms with E-state index in [0.717, 1.165) is 0 Å². The summed E-state index contributed by atoms with van der Waals surface area (Å²) in [4.78, 5) is 20.4. The summed E-state index contributed by atoms with van der Waals surface area (Å²) in [6, 6.07) is 0. The molecule has 0 aromatic rings. The maximum atomic E-state index is 10.5. The fourth-order valence-corrected chi connectivity index (χ4v) is 0.399. The lowest BCUT2D eigenvalue weighted by Crippen LogP contribution is -2.07. The van der Waals surface area contributed by atoms with Crippen LogP contribution in [0.3, 0.4) is 0 Å². The molecule has 0 aromatic carbocycles. The monoisotopic (exact) mass is 172 g/mol. The van der Waals surface area contributed by atoms with Gasteiger partial charge in [0.25, 0.3) is 0 Å². The van der Waals surface area contributed by atoms with Crippen LogP contribution >= 0.6 is 0 Å². The van der Waals surface area contributed by atoms with Crippen molar-refractivity contribution in [1.82, 2.24) is 0 Å². The van der Waals surface area contributed by atoms with E-state index in [1.54, 1.807) is 0 Å². The Morgan fingerprint density at radius 3 is 2.08 bits per heavy atom. The van der Waals surface area contributed by atoms with Gasteiger partial charge in [-0.2, -0.15) is 0 Å². The minimum Gasteiger partial charge on any atom is -0.481 e. The average molecular weight is 172 g/mol. The number of carboxylic acid groups (broad SMARTS) is 1. The molecule has 0 unspecified atom stereocenters. The van der Waals surface area contributed by atoms with Crippen LogP contribution in [0.2, 0.25) is 0 Å². The van der Waals surface area contributed by atoms with Gasteiger partial charge in [-0.05, 0) is 0 Å². The topological polar surface area (TPSA) is 63.6 Å². The van der Waals surface area contributed by atoms with Crippen LogP contribution < -0.4 is 0 Å². The van der Waals surface area contributed by atoms with Gasteiger partial charge < -0.3 is 9.84 Å². The minimum absolute atomic E-state index is 0.0463. The highest BCUT2D eigenvalue weighted by atomic mass is 16.5. The zero-order valence-electron chi connectivity index (χ0n) is 7.00. The number of methoxy groups -OCH3 is 1. The van der Waals surface area contributed by atoms with E-state index in [-0.39, 0.29) is 12.0 Å². The molecule has 0 bridgehead atoms. The average Bonchev–Trinajstić information content (AvgIpc) is 2.05. The quantitative estimate of drug-likeness (QED) is 0.391. The SMILES string of the molecule is C=C.C=C(CC(=O)O)C(=O)OC. The van der Waals surface area contributed by atoms with Gasteiger partial charge in [0.1, 0.15) is 0 Å². The number of aliphatic carboxylic acids is 1. The Labute approximate surface area is 71.2 Å². The molecule has 68 valence electrons. The van der Waals surface area contributed by atoms with Gasteiger partial charge in [0, 0.05) is 5.57 Å². The van der Waals surface area contributed by atoms with Crippen LogP contribution in [0.5, 0.6) is 0 Å². The molecule has 0 saturated heterocycles. The van der Waals surface area contributed by atoms with Crippen molar-refractivity contribution in [2.24, 2.45) is 0 Å². The number of esters is 1. The number of hydrogen-bond acceptors (Lipinski definition) is 3.